The molecule has 0 aromatic heterocycles. The Morgan fingerprint density at radius 1 is 1.14 bits per heavy atom. The summed E-state index contributed by atoms with van der Waals surface area (Å²) in [5.74, 6) is 0. The molecule has 3 amide bonds. The van der Waals surface area contributed by atoms with Crippen LogP contribution in [0.1, 0.15) is 53.4 Å². The van der Waals surface area contributed by atoms with Crippen LogP contribution in [0.5, 0.6) is 0 Å². The second kappa shape index (κ2) is 8.45. The van der Waals surface area contributed by atoms with E-state index in [2.05, 4.69) is 6.92 Å². The number of carbonyl (C=O) groups is 2. The van der Waals surface area contributed by atoms with Gasteiger partial charge in [-0.1, -0.05) is 56.5 Å². The third-order valence-electron chi connectivity index (χ3n) is 5.05. The molecule has 7 heteroatoms. The van der Waals surface area contributed by atoms with Crippen LogP contribution in [0.2, 0.25) is 0 Å². The SMILES string of the molecule is CCCCCC1C=CC2C(O)N(c3ccccc3)C(=O)N2N1C(=O)OC(C)(C)C. The molecule has 1 N–H and O–H groups in total. The van der Waals surface area contributed by atoms with Gasteiger partial charge in [-0.3, -0.25) is 4.90 Å². The lowest BCUT2D eigenvalue weighted by Crippen LogP contribution is -2.59. The summed E-state index contributed by atoms with van der Waals surface area (Å²) in [7, 11) is 0. The zero-order valence-electron chi connectivity index (χ0n) is 17.6. The van der Waals surface area contributed by atoms with Crippen LogP contribution in [0, 0.1) is 0 Å². The van der Waals surface area contributed by atoms with Crippen LogP contribution in [0.25, 0.3) is 0 Å². The maximum Gasteiger partial charge on any atom is 0.430 e. The first-order valence-corrected chi connectivity index (χ1v) is 10.3. The highest BCUT2D eigenvalue weighted by Crippen LogP contribution is 2.35. The zero-order chi connectivity index (χ0) is 21.2. The van der Waals surface area contributed by atoms with Crippen molar-refractivity contribution in [2.24, 2.45) is 0 Å². The number of hydrogen-bond donors (Lipinski definition) is 1. The molecule has 3 atom stereocenters. The summed E-state index contributed by atoms with van der Waals surface area (Å²) in [6, 6.07) is 7.60. The van der Waals surface area contributed by atoms with E-state index in [1.807, 2.05) is 30.4 Å². The molecular formula is C22H31N3O4. The number of hydrazine groups is 1. The van der Waals surface area contributed by atoms with Gasteiger partial charge >= 0.3 is 12.1 Å². The van der Waals surface area contributed by atoms with E-state index in [0.29, 0.717) is 5.69 Å². The number of carbonyl (C=O) groups excluding carboxylic acids is 2. The van der Waals surface area contributed by atoms with E-state index in [4.69, 9.17) is 4.74 Å². The fraction of sp³-hybridized carbons (Fsp3) is 0.545. The maximum atomic E-state index is 13.3. The number of para-hydroxylation sites is 1. The maximum absolute atomic E-state index is 13.3. The van der Waals surface area contributed by atoms with Crippen molar-refractivity contribution in [3.05, 3.63) is 42.5 Å². The summed E-state index contributed by atoms with van der Waals surface area (Å²) in [5.41, 5.74) is -0.109. The Morgan fingerprint density at radius 3 is 2.45 bits per heavy atom. The Bertz CT molecular complexity index is 759. The fourth-order valence-corrected chi connectivity index (χ4v) is 3.74. The molecule has 3 rings (SSSR count). The normalized spacial score (nSPS) is 24.1. The van der Waals surface area contributed by atoms with Gasteiger partial charge in [-0.25, -0.2) is 19.6 Å². The molecule has 7 nitrogen and oxygen atoms in total. The van der Waals surface area contributed by atoms with Gasteiger partial charge < -0.3 is 9.84 Å². The molecule has 0 aliphatic carbocycles. The highest BCUT2D eigenvalue weighted by molar-refractivity contribution is 5.96. The standard InChI is InChI=1S/C22H31N3O4/c1-5-6-8-13-17-14-15-18-19(26)23(16-11-9-7-10-12-16)20(27)25(18)24(17)21(28)29-22(2,3)4/h7,9-12,14-15,17-19,26H,5-6,8,13H2,1-4H3. The Kier molecular flexibility index (Phi) is 6.17. The van der Waals surface area contributed by atoms with Gasteiger partial charge in [0, 0.05) is 5.69 Å². The number of aliphatic hydroxyl groups excluding tert-OH is 1. The molecule has 1 fully saturated rings. The van der Waals surface area contributed by atoms with E-state index in [9.17, 15) is 14.7 Å². The van der Waals surface area contributed by atoms with E-state index in [1.165, 1.54) is 14.9 Å². The molecule has 1 aromatic carbocycles. The highest BCUT2D eigenvalue weighted by Gasteiger charge is 2.52. The topological polar surface area (TPSA) is 73.3 Å². The molecule has 0 saturated carbocycles. The number of nitrogens with zero attached hydrogens (tertiary/aromatic N) is 3. The Hall–Kier alpha value is -2.54. The van der Waals surface area contributed by atoms with Crippen LogP contribution in [-0.2, 0) is 4.74 Å². The van der Waals surface area contributed by atoms with E-state index < -0.39 is 30.0 Å². The molecular weight excluding hydrogens is 370 g/mol. The van der Waals surface area contributed by atoms with Crippen molar-refractivity contribution in [3.63, 3.8) is 0 Å². The van der Waals surface area contributed by atoms with Crippen molar-refractivity contribution in [3.8, 4) is 0 Å². The number of benzene rings is 1. The first-order chi connectivity index (χ1) is 13.7. The predicted octanol–water partition coefficient (Wildman–Crippen LogP) is 4.29. The number of amides is 3. The van der Waals surface area contributed by atoms with Crippen molar-refractivity contribution in [2.75, 3.05) is 4.90 Å². The molecule has 2 heterocycles. The first-order valence-electron chi connectivity index (χ1n) is 10.3. The van der Waals surface area contributed by atoms with Gasteiger partial charge in [-0.05, 0) is 39.3 Å². The van der Waals surface area contributed by atoms with Crippen LogP contribution in [0.4, 0.5) is 15.3 Å². The zero-order valence-corrected chi connectivity index (χ0v) is 17.6. The summed E-state index contributed by atoms with van der Waals surface area (Å²) in [6.45, 7) is 7.51. The predicted molar refractivity (Wildman–Crippen MR) is 111 cm³/mol. The summed E-state index contributed by atoms with van der Waals surface area (Å²) in [5, 5.41) is 13.6. The average Bonchev–Trinajstić information content (AvgIpc) is 2.91. The van der Waals surface area contributed by atoms with Crippen molar-refractivity contribution in [2.45, 2.75) is 77.3 Å². The molecule has 3 unspecified atom stereocenters. The van der Waals surface area contributed by atoms with Gasteiger partial charge in [0.2, 0.25) is 0 Å². The molecule has 29 heavy (non-hydrogen) atoms. The van der Waals surface area contributed by atoms with Gasteiger partial charge in [0.1, 0.15) is 11.6 Å². The van der Waals surface area contributed by atoms with Crippen molar-refractivity contribution in [1.82, 2.24) is 10.0 Å². The largest absolute Gasteiger partial charge is 0.442 e. The summed E-state index contributed by atoms with van der Waals surface area (Å²) < 4.78 is 5.61. The monoisotopic (exact) mass is 401 g/mol. The van der Waals surface area contributed by atoms with E-state index in [-0.39, 0.29) is 6.04 Å². The molecule has 0 bridgehead atoms. The van der Waals surface area contributed by atoms with E-state index in [0.717, 1.165) is 25.7 Å². The van der Waals surface area contributed by atoms with Gasteiger partial charge in [-0.15, -0.1) is 0 Å². The summed E-state index contributed by atoms with van der Waals surface area (Å²) >= 11 is 0. The Morgan fingerprint density at radius 2 is 1.83 bits per heavy atom. The van der Waals surface area contributed by atoms with Gasteiger partial charge in [0.15, 0.2) is 6.23 Å². The average molecular weight is 402 g/mol. The smallest absolute Gasteiger partial charge is 0.430 e. The lowest BCUT2D eigenvalue weighted by Gasteiger charge is -2.41. The van der Waals surface area contributed by atoms with Gasteiger partial charge in [0.05, 0.1) is 6.04 Å². The number of rotatable bonds is 5. The minimum absolute atomic E-state index is 0.292. The van der Waals surface area contributed by atoms with Gasteiger partial charge in [0.25, 0.3) is 0 Å². The molecule has 1 aromatic rings. The Balaban J connectivity index is 1.93. The second-order valence-corrected chi connectivity index (χ2v) is 8.51. The third kappa shape index (κ3) is 4.40. The lowest BCUT2D eigenvalue weighted by molar-refractivity contribution is -0.0598. The first kappa shape index (κ1) is 21.2. The van der Waals surface area contributed by atoms with Crippen molar-refractivity contribution >= 4 is 17.8 Å². The summed E-state index contributed by atoms with van der Waals surface area (Å²) in [6.07, 6.45) is 5.82. The molecule has 158 valence electrons. The minimum Gasteiger partial charge on any atom is -0.442 e. The van der Waals surface area contributed by atoms with Crippen LogP contribution >= 0.6 is 0 Å². The van der Waals surface area contributed by atoms with Crippen LogP contribution in [0.15, 0.2) is 42.5 Å². The molecule has 0 spiro atoms. The van der Waals surface area contributed by atoms with E-state index in [1.54, 1.807) is 32.9 Å². The number of ether oxygens (including phenoxy) is 1. The van der Waals surface area contributed by atoms with Crippen LogP contribution < -0.4 is 4.90 Å². The number of urea groups is 1. The van der Waals surface area contributed by atoms with Crippen molar-refractivity contribution in [1.29, 1.82) is 0 Å². The molecule has 0 radical (unpaired) electrons. The number of hydrogen-bond acceptors (Lipinski definition) is 4. The number of aliphatic hydroxyl groups is 1. The third-order valence-corrected chi connectivity index (χ3v) is 5.05. The lowest BCUT2D eigenvalue weighted by atomic mass is 10.0. The molecule has 2 aliphatic heterocycles. The molecule has 2 aliphatic rings. The second-order valence-electron chi connectivity index (χ2n) is 8.51. The Labute approximate surface area is 172 Å². The fourth-order valence-electron chi connectivity index (χ4n) is 3.74. The van der Waals surface area contributed by atoms with Gasteiger partial charge in [-0.2, -0.15) is 0 Å². The van der Waals surface area contributed by atoms with Crippen LogP contribution in [-0.4, -0.2) is 51.2 Å². The van der Waals surface area contributed by atoms with Crippen LogP contribution in [0.3, 0.4) is 0 Å². The number of anilines is 1. The quantitative estimate of drug-likeness (QED) is 0.590. The van der Waals surface area contributed by atoms with E-state index >= 15 is 0 Å². The highest BCUT2D eigenvalue weighted by atomic mass is 16.6. The number of fused-ring (bicyclic) bond motifs is 1. The summed E-state index contributed by atoms with van der Waals surface area (Å²) in [4.78, 5) is 27.7. The van der Waals surface area contributed by atoms with Crippen molar-refractivity contribution < 1.29 is 19.4 Å². The number of unbranched alkanes of at least 4 members (excludes halogenated alkanes) is 2. The minimum atomic E-state index is -1.09. The molecule has 1 saturated heterocycles.